The zero-order chi connectivity index (χ0) is 16.5. The van der Waals surface area contributed by atoms with Crippen LogP contribution in [-0.4, -0.2) is 34.2 Å². The number of amides is 1. The topological polar surface area (TPSA) is 42.3 Å². The van der Waals surface area contributed by atoms with Gasteiger partial charge in [0.15, 0.2) is 0 Å². The lowest BCUT2D eigenvalue weighted by atomic mass is 10.0. The van der Waals surface area contributed by atoms with Crippen molar-refractivity contribution in [2.24, 2.45) is 0 Å². The van der Waals surface area contributed by atoms with E-state index in [4.69, 9.17) is 0 Å². The number of aromatic nitrogens is 1. The first kappa shape index (κ1) is 15.2. The molecule has 0 aliphatic carbocycles. The largest absolute Gasteiger partial charge is 0.342 e. The summed E-state index contributed by atoms with van der Waals surface area (Å²) in [5, 5.41) is 0. The summed E-state index contributed by atoms with van der Waals surface area (Å²) in [5.41, 5.74) is 2.40. The molecule has 1 fully saturated rings. The van der Waals surface area contributed by atoms with Gasteiger partial charge in [-0.3, -0.25) is 9.59 Å². The number of nitrogens with zero attached hydrogens (tertiary/aromatic N) is 2. The van der Waals surface area contributed by atoms with Crippen molar-refractivity contribution in [2.45, 2.75) is 38.1 Å². The van der Waals surface area contributed by atoms with E-state index in [9.17, 15) is 9.59 Å². The van der Waals surface area contributed by atoms with Crippen molar-refractivity contribution < 1.29 is 9.59 Å². The van der Waals surface area contributed by atoms with Crippen LogP contribution in [0.3, 0.4) is 0 Å². The molecular weight excluding hydrogens is 300 g/mol. The maximum absolute atomic E-state index is 12.8. The van der Waals surface area contributed by atoms with Crippen molar-refractivity contribution in [2.75, 3.05) is 13.1 Å². The third kappa shape index (κ3) is 2.56. The number of fused-ring (bicyclic) bond motifs is 1. The fraction of sp³-hybridized carbons (Fsp3) is 0.400. The standard InChI is InChI=1S/C20H22N2O2/c23-19(15-7-3-1-4-8-15)18-10-9-17-16(11-14-22(17)18)20(24)21-12-5-2-6-13-21/h1,3-4,7-10,16H,2,5-6,11-14H2/t16-/m0/s1. The number of benzene rings is 1. The lowest BCUT2D eigenvalue weighted by Crippen LogP contribution is -2.38. The Morgan fingerprint density at radius 3 is 2.38 bits per heavy atom. The van der Waals surface area contributed by atoms with Gasteiger partial charge in [0, 0.05) is 30.9 Å². The van der Waals surface area contributed by atoms with Crippen molar-refractivity contribution in [1.82, 2.24) is 9.47 Å². The molecule has 2 aliphatic heterocycles. The first-order valence-electron chi connectivity index (χ1n) is 8.83. The van der Waals surface area contributed by atoms with E-state index < -0.39 is 0 Å². The SMILES string of the molecule is O=C(c1ccccc1)c1ccc2n1CC[C@@H]2C(=O)N1CCCCC1. The summed E-state index contributed by atoms with van der Waals surface area (Å²) in [5.74, 6) is 0.193. The van der Waals surface area contributed by atoms with Gasteiger partial charge in [-0.1, -0.05) is 30.3 Å². The second kappa shape index (κ2) is 6.27. The summed E-state index contributed by atoms with van der Waals surface area (Å²) in [4.78, 5) is 27.6. The van der Waals surface area contributed by atoms with Crippen LogP contribution in [-0.2, 0) is 11.3 Å². The first-order valence-corrected chi connectivity index (χ1v) is 8.83. The molecule has 0 bridgehead atoms. The summed E-state index contributed by atoms with van der Waals surface area (Å²) in [6.07, 6.45) is 4.25. The Labute approximate surface area is 142 Å². The van der Waals surface area contributed by atoms with Crippen LogP contribution >= 0.6 is 0 Å². The van der Waals surface area contributed by atoms with Gasteiger partial charge in [-0.15, -0.1) is 0 Å². The van der Waals surface area contributed by atoms with E-state index in [1.807, 2.05) is 51.9 Å². The Hall–Kier alpha value is -2.36. The van der Waals surface area contributed by atoms with Crippen molar-refractivity contribution in [3.05, 3.63) is 59.4 Å². The van der Waals surface area contributed by atoms with Crippen LogP contribution in [0.15, 0.2) is 42.5 Å². The summed E-state index contributed by atoms with van der Waals surface area (Å²) in [6.45, 7) is 2.51. The molecule has 1 aromatic carbocycles. The predicted octanol–water partition coefficient (Wildman–Crippen LogP) is 3.22. The Morgan fingerprint density at radius 1 is 0.875 bits per heavy atom. The molecule has 1 amide bonds. The molecule has 1 saturated heterocycles. The van der Waals surface area contributed by atoms with Gasteiger partial charge in [0.25, 0.3) is 0 Å². The van der Waals surface area contributed by atoms with E-state index in [1.165, 1.54) is 6.42 Å². The lowest BCUT2D eigenvalue weighted by molar-refractivity contribution is -0.133. The van der Waals surface area contributed by atoms with Crippen LogP contribution in [0.25, 0.3) is 0 Å². The van der Waals surface area contributed by atoms with Gasteiger partial charge in [0.1, 0.15) is 0 Å². The third-order valence-corrected chi connectivity index (χ3v) is 5.25. The molecule has 124 valence electrons. The molecule has 0 radical (unpaired) electrons. The predicted molar refractivity (Wildman–Crippen MR) is 92.1 cm³/mol. The van der Waals surface area contributed by atoms with Crippen molar-refractivity contribution >= 4 is 11.7 Å². The van der Waals surface area contributed by atoms with Crippen molar-refractivity contribution in [3.8, 4) is 0 Å². The molecule has 4 heteroatoms. The van der Waals surface area contributed by atoms with E-state index >= 15 is 0 Å². The van der Waals surface area contributed by atoms with Gasteiger partial charge in [-0.05, 0) is 37.8 Å². The average Bonchev–Trinajstić information content (AvgIpc) is 3.24. The second-order valence-corrected chi connectivity index (χ2v) is 6.72. The Balaban J connectivity index is 1.58. The zero-order valence-corrected chi connectivity index (χ0v) is 13.8. The first-order chi connectivity index (χ1) is 11.8. The molecule has 0 unspecified atom stereocenters. The number of hydrogen-bond acceptors (Lipinski definition) is 2. The number of ketones is 1. The van der Waals surface area contributed by atoms with Crippen molar-refractivity contribution in [3.63, 3.8) is 0 Å². The quantitative estimate of drug-likeness (QED) is 0.814. The highest BCUT2D eigenvalue weighted by atomic mass is 16.2. The molecule has 0 spiro atoms. The van der Waals surface area contributed by atoms with Gasteiger partial charge in [0.05, 0.1) is 11.6 Å². The zero-order valence-electron chi connectivity index (χ0n) is 13.8. The van der Waals surface area contributed by atoms with Crippen LogP contribution in [0.2, 0.25) is 0 Å². The molecule has 3 heterocycles. The number of hydrogen-bond donors (Lipinski definition) is 0. The van der Waals surface area contributed by atoms with Crippen LogP contribution in [0.4, 0.5) is 0 Å². The van der Waals surface area contributed by atoms with E-state index in [0.29, 0.717) is 11.3 Å². The monoisotopic (exact) mass is 322 g/mol. The number of piperidine rings is 1. The molecule has 4 rings (SSSR count). The maximum Gasteiger partial charge on any atom is 0.231 e. The van der Waals surface area contributed by atoms with Crippen LogP contribution in [0.5, 0.6) is 0 Å². The molecule has 4 nitrogen and oxygen atoms in total. The van der Waals surface area contributed by atoms with Gasteiger partial charge < -0.3 is 9.47 Å². The minimum Gasteiger partial charge on any atom is -0.342 e. The van der Waals surface area contributed by atoms with Crippen LogP contribution in [0, 0.1) is 0 Å². The fourth-order valence-corrected chi connectivity index (χ4v) is 3.96. The highest BCUT2D eigenvalue weighted by Crippen LogP contribution is 2.33. The number of likely N-dealkylation sites (tertiary alicyclic amines) is 1. The van der Waals surface area contributed by atoms with E-state index in [0.717, 1.165) is 44.6 Å². The molecular formula is C20H22N2O2. The minimum atomic E-state index is -0.0829. The Morgan fingerprint density at radius 2 is 1.62 bits per heavy atom. The summed E-state index contributed by atoms with van der Waals surface area (Å²) in [7, 11) is 0. The molecule has 1 atom stereocenters. The Kier molecular flexibility index (Phi) is 3.97. The number of carbonyl (C=O) groups excluding carboxylic acids is 2. The molecule has 2 aromatic rings. The van der Waals surface area contributed by atoms with Gasteiger partial charge in [0.2, 0.25) is 11.7 Å². The molecule has 0 saturated carbocycles. The number of carbonyl (C=O) groups is 2. The highest BCUT2D eigenvalue weighted by Gasteiger charge is 2.34. The lowest BCUT2D eigenvalue weighted by Gasteiger charge is -2.29. The van der Waals surface area contributed by atoms with Gasteiger partial charge in [-0.25, -0.2) is 0 Å². The fourth-order valence-electron chi connectivity index (χ4n) is 3.96. The third-order valence-electron chi connectivity index (χ3n) is 5.25. The van der Waals surface area contributed by atoms with Crippen molar-refractivity contribution in [1.29, 1.82) is 0 Å². The minimum absolute atomic E-state index is 0.0351. The van der Waals surface area contributed by atoms with E-state index in [1.54, 1.807) is 0 Å². The summed E-state index contributed by atoms with van der Waals surface area (Å²) >= 11 is 0. The molecule has 2 aliphatic rings. The second-order valence-electron chi connectivity index (χ2n) is 6.72. The normalized spacial score (nSPS) is 20.0. The van der Waals surface area contributed by atoms with Crippen LogP contribution in [0.1, 0.15) is 53.3 Å². The van der Waals surface area contributed by atoms with Gasteiger partial charge >= 0.3 is 0 Å². The Bertz CT molecular complexity index is 757. The van der Waals surface area contributed by atoms with Gasteiger partial charge in [-0.2, -0.15) is 0 Å². The molecule has 0 N–H and O–H groups in total. The average molecular weight is 322 g/mol. The van der Waals surface area contributed by atoms with Crippen LogP contribution < -0.4 is 0 Å². The number of rotatable bonds is 3. The van der Waals surface area contributed by atoms with E-state index in [-0.39, 0.29) is 17.6 Å². The highest BCUT2D eigenvalue weighted by molar-refractivity contribution is 6.08. The summed E-state index contributed by atoms with van der Waals surface area (Å²) in [6, 6.07) is 13.2. The summed E-state index contributed by atoms with van der Waals surface area (Å²) < 4.78 is 2.04. The molecule has 1 aromatic heterocycles. The van der Waals surface area contributed by atoms with E-state index in [2.05, 4.69) is 0 Å². The molecule has 24 heavy (non-hydrogen) atoms. The smallest absolute Gasteiger partial charge is 0.231 e. The maximum atomic E-state index is 12.8.